The molecule has 2 N–H and O–H groups in total. The molecule has 0 saturated heterocycles. The number of carbonyl (C=O) groups is 1. The summed E-state index contributed by atoms with van der Waals surface area (Å²) in [6.45, 7) is 0. The van der Waals surface area contributed by atoms with Crippen LogP contribution in [0.2, 0.25) is 0 Å². The maximum absolute atomic E-state index is 12.6. The highest BCUT2D eigenvalue weighted by Crippen LogP contribution is 2.27. The first-order chi connectivity index (χ1) is 6.57. The second-order valence-electron chi connectivity index (χ2n) is 2.56. The molecule has 0 unspecified atom stereocenters. The molecule has 76 valence electrons. The molecule has 0 bridgehead atoms. The maximum Gasteiger partial charge on any atom is 0.265 e. The highest BCUT2D eigenvalue weighted by Gasteiger charge is 2.20. The van der Waals surface area contributed by atoms with E-state index in [-0.39, 0.29) is 22.0 Å². The topological polar surface area (TPSA) is 56.0 Å². The van der Waals surface area contributed by atoms with Crippen LogP contribution in [0.1, 0.15) is 27.9 Å². The van der Waals surface area contributed by atoms with Crippen molar-refractivity contribution in [2.24, 2.45) is 5.73 Å². The average Bonchev–Trinajstić information content (AvgIpc) is 2.16. The standard InChI is InChI=1S/C8H7BrF2N2O/c9-1-4-2-13-3-5(8(12)14)6(4)7(10)11/h2-3,7H,1H2,(H2,12,14). The van der Waals surface area contributed by atoms with Crippen molar-refractivity contribution in [3.8, 4) is 0 Å². The van der Waals surface area contributed by atoms with Crippen LogP contribution in [-0.2, 0) is 5.33 Å². The molecule has 14 heavy (non-hydrogen) atoms. The van der Waals surface area contributed by atoms with E-state index in [0.29, 0.717) is 0 Å². The van der Waals surface area contributed by atoms with Crippen LogP contribution in [0.15, 0.2) is 12.4 Å². The lowest BCUT2D eigenvalue weighted by atomic mass is 10.1. The van der Waals surface area contributed by atoms with Gasteiger partial charge in [-0.25, -0.2) is 8.78 Å². The van der Waals surface area contributed by atoms with E-state index >= 15 is 0 Å². The van der Waals surface area contributed by atoms with Crippen molar-refractivity contribution in [1.29, 1.82) is 0 Å². The van der Waals surface area contributed by atoms with Gasteiger partial charge in [-0.3, -0.25) is 9.78 Å². The number of alkyl halides is 3. The van der Waals surface area contributed by atoms with Gasteiger partial charge in [-0.1, -0.05) is 15.9 Å². The molecule has 3 nitrogen and oxygen atoms in total. The van der Waals surface area contributed by atoms with Gasteiger partial charge in [-0.15, -0.1) is 0 Å². The first-order valence-corrected chi connectivity index (χ1v) is 4.80. The molecule has 1 heterocycles. The zero-order chi connectivity index (χ0) is 10.7. The van der Waals surface area contributed by atoms with Crippen LogP contribution in [0.25, 0.3) is 0 Å². The predicted octanol–water partition coefficient (Wildman–Crippen LogP) is 2.01. The van der Waals surface area contributed by atoms with E-state index in [1.54, 1.807) is 0 Å². The molecule has 1 aromatic rings. The molecule has 0 radical (unpaired) electrons. The fraction of sp³-hybridized carbons (Fsp3) is 0.250. The Morgan fingerprint density at radius 2 is 2.21 bits per heavy atom. The number of hydrogen-bond acceptors (Lipinski definition) is 2. The number of nitrogens with zero attached hydrogens (tertiary/aromatic N) is 1. The minimum absolute atomic E-state index is 0.209. The van der Waals surface area contributed by atoms with Crippen molar-refractivity contribution in [2.75, 3.05) is 0 Å². The number of carbonyl (C=O) groups excluding carboxylic acids is 1. The highest BCUT2D eigenvalue weighted by atomic mass is 79.9. The first kappa shape index (κ1) is 11.0. The van der Waals surface area contributed by atoms with Gasteiger partial charge < -0.3 is 5.73 Å². The second kappa shape index (κ2) is 4.45. The van der Waals surface area contributed by atoms with Crippen LogP contribution in [0.5, 0.6) is 0 Å². The minimum atomic E-state index is -2.73. The number of nitrogens with two attached hydrogens (primary N) is 1. The molecule has 1 aromatic heterocycles. The molecule has 1 amide bonds. The Kier molecular flexibility index (Phi) is 3.51. The Morgan fingerprint density at radius 3 is 2.64 bits per heavy atom. The highest BCUT2D eigenvalue weighted by molar-refractivity contribution is 9.08. The third-order valence-electron chi connectivity index (χ3n) is 1.70. The minimum Gasteiger partial charge on any atom is -0.366 e. The molecule has 6 heteroatoms. The van der Waals surface area contributed by atoms with Crippen LogP contribution in [0.4, 0.5) is 8.78 Å². The van der Waals surface area contributed by atoms with E-state index in [0.717, 1.165) is 6.20 Å². The molecule has 1 rings (SSSR count). The lowest BCUT2D eigenvalue weighted by Gasteiger charge is -2.09. The molecule has 0 fully saturated rings. The fourth-order valence-electron chi connectivity index (χ4n) is 1.07. The zero-order valence-corrected chi connectivity index (χ0v) is 8.59. The zero-order valence-electron chi connectivity index (χ0n) is 7.01. The number of primary amides is 1. The van der Waals surface area contributed by atoms with Crippen molar-refractivity contribution in [1.82, 2.24) is 4.98 Å². The van der Waals surface area contributed by atoms with E-state index in [2.05, 4.69) is 20.9 Å². The van der Waals surface area contributed by atoms with Crippen LogP contribution < -0.4 is 5.73 Å². The molecular weight excluding hydrogens is 258 g/mol. The summed E-state index contributed by atoms with van der Waals surface area (Å²) in [5.41, 5.74) is 4.65. The molecule has 0 aliphatic heterocycles. The van der Waals surface area contributed by atoms with Crippen LogP contribution in [-0.4, -0.2) is 10.9 Å². The summed E-state index contributed by atoms with van der Waals surface area (Å²) in [7, 11) is 0. The van der Waals surface area contributed by atoms with E-state index < -0.39 is 12.3 Å². The van der Waals surface area contributed by atoms with E-state index in [1.165, 1.54) is 6.20 Å². The summed E-state index contributed by atoms with van der Waals surface area (Å²) in [6, 6.07) is 0. The molecule has 0 aliphatic rings. The van der Waals surface area contributed by atoms with Crippen molar-refractivity contribution in [2.45, 2.75) is 11.8 Å². The van der Waals surface area contributed by atoms with Gasteiger partial charge in [0, 0.05) is 23.3 Å². The number of amides is 1. The van der Waals surface area contributed by atoms with Gasteiger partial charge in [0.1, 0.15) is 0 Å². The third kappa shape index (κ3) is 2.06. The Hall–Kier alpha value is -1.04. The van der Waals surface area contributed by atoms with Gasteiger partial charge in [0.15, 0.2) is 0 Å². The molecule has 0 saturated carbocycles. The van der Waals surface area contributed by atoms with E-state index in [1.807, 2.05) is 0 Å². The number of pyridine rings is 1. The van der Waals surface area contributed by atoms with Gasteiger partial charge >= 0.3 is 0 Å². The number of aromatic nitrogens is 1. The van der Waals surface area contributed by atoms with Gasteiger partial charge in [0.2, 0.25) is 0 Å². The normalized spacial score (nSPS) is 10.6. The van der Waals surface area contributed by atoms with E-state index in [4.69, 9.17) is 5.73 Å². The number of halogens is 3. The van der Waals surface area contributed by atoms with Crippen LogP contribution >= 0.6 is 15.9 Å². The average molecular weight is 265 g/mol. The lowest BCUT2D eigenvalue weighted by Crippen LogP contribution is -2.15. The van der Waals surface area contributed by atoms with Crippen LogP contribution in [0.3, 0.4) is 0 Å². The molecule has 0 aromatic carbocycles. The molecular formula is C8H7BrF2N2O. The quantitative estimate of drug-likeness (QED) is 0.850. The lowest BCUT2D eigenvalue weighted by molar-refractivity contribution is 0.0985. The first-order valence-electron chi connectivity index (χ1n) is 3.68. The summed E-state index contributed by atoms with van der Waals surface area (Å²) >= 11 is 3.03. The van der Waals surface area contributed by atoms with Gasteiger partial charge in [0.05, 0.1) is 5.56 Å². The summed E-state index contributed by atoms with van der Waals surface area (Å²) in [5, 5.41) is 0.209. The van der Waals surface area contributed by atoms with Gasteiger partial charge in [-0.05, 0) is 5.56 Å². The maximum atomic E-state index is 12.6. The van der Waals surface area contributed by atoms with Crippen molar-refractivity contribution < 1.29 is 13.6 Å². The third-order valence-corrected chi connectivity index (χ3v) is 2.30. The Labute approximate surface area is 87.4 Å². The van der Waals surface area contributed by atoms with Crippen LogP contribution in [0, 0.1) is 0 Å². The Balaban J connectivity index is 3.35. The molecule has 0 aliphatic carbocycles. The summed E-state index contributed by atoms with van der Waals surface area (Å²) in [4.78, 5) is 14.5. The number of hydrogen-bond donors (Lipinski definition) is 1. The Bertz CT molecular complexity index is 357. The predicted molar refractivity (Wildman–Crippen MR) is 50.3 cm³/mol. The summed E-state index contributed by atoms with van der Waals surface area (Å²) in [6.07, 6.45) is -0.397. The second-order valence-corrected chi connectivity index (χ2v) is 3.12. The van der Waals surface area contributed by atoms with Crippen molar-refractivity contribution in [3.05, 3.63) is 29.1 Å². The summed E-state index contributed by atoms with van der Waals surface area (Å²) in [5.74, 6) is -0.893. The smallest absolute Gasteiger partial charge is 0.265 e. The van der Waals surface area contributed by atoms with Crippen molar-refractivity contribution >= 4 is 21.8 Å². The van der Waals surface area contributed by atoms with Gasteiger partial charge in [0.25, 0.3) is 12.3 Å². The van der Waals surface area contributed by atoms with Crippen molar-refractivity contribution in [3.63, 3.8) is 0 Å². The fourth-order valence-corrected chi connectivity index (χ4v) is 1.52. The molecule has 0 atom stereocenters. The Morgan fingerprint density at radius 1 is 1.57 bits per heavy atom. The molecule has 0 spiro atoms. The SMILES string of the molecule is NC(=O)c1cncc(CBr)c1C(F)F. The summed E-state index contributed by atoms with van der Waals surface area (Å²) < 4.78 is 25.2. The van der Waals surface area contributed by atoms with E-state index in [9.17, 15) is 13.6 Å². The monoisotopic (exact) mass is 264 g/mol. The number of rotatable bonds is 3. The largest absolute Gasteiger partial charge is 0.366 e. The van der Waals surface area contributed by atoms with Gasteiger partial charge in [-0.2, -0.15) is 0 Å².